The number of ether oxygens (including phenoxy) is 2. The van der Waals surface area contributed by atoms with Crippen molar-refractivity contribution < 1.29 is 24.2 Å². The highest BCUT2D eigenvalue weighted by atomic mass is 16.5. The predicted molar refractivity (Wildman–Crippen MR) is 97.8 cm³/mol. The Morgan fingerprint density at radius 1 is 1.08 bits per heavy atom. The van der Waals surface area contributed by atoms with Gasteiger partial charge in [0.2, 0.25) is 5.91 Å². The summed E-state index contributed by atoms with van der Waals surface area (Å²) in [6, 6.07) is 14.0. The maximum Gasteiger partial charge on any atom is 0.335 e. The van der Waals surface area contributed by atoms with Crippen molar-refractivity contribution in [3.63, 3.8) is 0 Å². The van der Waals surface area contributed by atoms with Gasteiger partial charge in [0.1, 0.15) is 6.10 Å². The number of benzene rings is 2. The fraction of sp³-hybridized carbons (Fsp3) is 0.300. The maximum absolute atomic E-state index is 12.0. The Morgan fingerprint density at radius 3 is 2.42 bits per heavy atom. The van der Waals surface area contributed by atoms with E-state index in [4.69, 9.17) is 14.6 Å². The first kappa shape index (κ1) is 19.3. The molecule has 0 radical (unpaired) electrons. The van der Waals surface area contributed by atoms with E-state index in [1.54, 1.807) is 43.5 Å². The van der Waals surface area contributed by atoms with E-state index >= 15 is 0 Å². The minimum absolute atomic E-state index is 0.152. The fourth-order valence-corrected chi connectivity index (χ4v) is 2.52. The van der Waals surface area contributed by atoms with E-state index in [1.807, 2.05) is 19.1 Å². The molecule has 0 aliphatic heterocycles. The molecule has 0 aliphatic carbocycles. The first-order valence-electron chi connectivity index (χ1n) is 8.39. The molecule has 0 aliphatic rings. The number of carbonyl (C=O) groups is 2. The number of rotatable bonds is 9. The zero-order valence-corrected chi connectivity index (χ0v) is 14.9. The van der Waals surface area contributed by atoms with Crippen molar-refractivity contribution in [2.45, 2.75) is 25.9 Å². The van der Waals surface area contributed by atoms with E-state index in [2.05, 4.69) is 5.32 Å². The van der Waals surface area contributed by atoms with Crippen LogP contribution in [0.2, 0.25) is 0 Å². The van der Waals surface area contributed by atoms with Gasteiger partial charge in [0.15, 0.2) is 11.5 Å². The second-order valence-corrected chi connectivity index (χ2v) is 5.85. The third-order valence-electron chi connectivity index (χ3n) is 3.85. The lowest BCUT2D eigenvalue weighted by Crippen LogP contribution is -2.33. The summed E-state index contributed by atoms with van der Waals surface area (Å²) in [4.78, 5) is 23.2. The van der Waals surface area contributed by atoms with Crippen LogP contribution in [0.4, 0.5) is 0 Å². The van der Waals surface area contributed by atoms with Gasteiger partial charge in [0, 0.05) is 6.42 Å². The summed E-state index contributed by atoms with van der Waals surface area (Å²) in [5.74, 6) is 0.114. The number of methoxy groups -OCH3 is 1. The Morgan fingerprint density at radius 2 is 1.73 bits per heavy atom. The van der Waals surface area contributed by atoms with Crippen molar-refractivity contribution >= 4 is 11.9 Å². The van der Waals surface area contributed by atoms with Crippen LogP contribution in [0.1, 0.15) is 29.3 Å². The number of hydrogen-bond donors (Lipinski definition) is 2. The van der Waals surface area contributed by atoms with Crippen LogP contribution in [0, 0.1) is 0 Å². The normalized spacial score (nSPS) is 11.5. The quantitative estimate of drug-likeness (QED) is 0.721. The molecule has 0 saturated carbocycles. The lowest BCUT2D eigenvalue weighted by Gasteiger charge is -2.17. The molecular weight excluding hydrogens is 334 g/mol. The monoisotopic (exact) mass is 357 g/mol. The first-order valence-corrected chi connectivity index (χ1v) is 8.39. The summed E-state index contributed by atoms with van der Waals surface area (Å²) >= 11 is 0. The third-order valence-corrected chi connectivity index (χ3v) is 3.85. The maximum atomic E-state index is 12.0. The molecule has 0 aromatic heterocycles. The molecule has 0 fully saturated rings. The van der Waals surface area contributed by atoms with Crippen LogP contribution in [0.3, 0.4) is 0 Å². The van der Waals surface area contributed by atoms with Crippen LogP contribution in [0.25, 0.3) is 0 Å². The molecule has 2 rings (SSSR count). The van der Waals surface area contributed by atoms with Gasteiger partial charge in [-0.2, -0.15) is 0 Å². The number of amides is 1. The number of nitrogens with one attached hydrogen (secondary N) is 1. The highest BCUT2D eigenvalue weighted by Crippen LogP contribution is 2.26. The topological polar surface area (TPSA) is 84.9 Å². The van der Waals surface area contributed by atoms with Crippen molar-refractivity contribution in [2.75, 3.05) is 13.7 Å². The summed E-state index contributed by atoms with van der Waals surface area (Å²) in [6.45, 7) is 2.20. The van der Waals surface area contributed by atoms with E-state index in [0.717, 1.165) is 0 Å². The molecule has 1 amide bonds. The van der Waals surface area contributed by atoms with Gasteiger partial charge in [-0.1, -0.05) is 30.3 Å². The van der Waals surface area contributed by atoms with Gasteiger partial charge in [-0.15, -0.1) is 0 Å². The van der Waals surface area contributed by atoms with Gasteiger partial charge in [-0.3, -0.25) is 4.79 Å². The Hall–Kier alpha value is -3.02. The van der Waals surface area contributed by atoms with E-state index in [0.29, 0.717) is 30.0 Å². The molecule has 6 nitrogen and oxygen atoms in total. The fourth-order valence-electron chi connectivity index (χ4n) is 2.52. The van der Waals surface area contributed by atoms with Crippen LogP contribution in [0.15, 0.2) is 48.5 Å². The number of hydrogen-bond acceptors (Lipinski definition) is 4. The van der Waals surface area contributed by atoms with Gasteiger partial charge in [-0.05, 0) is 37.1 Å². The zero-order valence-electron chi connectivity index (χ0n) is 14.9. The third kappa shape index (κ3) is 5.51. The summed E-state index contributed by atoms with van der Waals surface area (Å²) in [7, 11) is 1.57. The summed E-state index contributed by atoms with van der Waals surface area (Å²) < 4.78 is 11.0. The number of aryl methyl sites for hydroxylation is 1. The average Bonchev–Trinajstić information content (AvgIpc) is 2.65. The minimum Gasteiger partial charge on any atom is -0.493 e. The van der Waals surface area contributed by atoms with Crippen LogP contribution in [-0.2, 0) is 11.2 Å². The van der Waals surface area contributed by atoms with Gasteiger partial charge in [0.25, 0.3) is 0 Å². The smallest absolute Gasteiger partial charge is 0.335 e. The molecule has 26 heavy (non-hydrogen) atoms. The Bertz CT molecular complexity index is 759. The lowest BCUT2D eigenvalue weighted by atomic mass is 10.0. The first-order chi connectivity index (χ1) is 12.5. The molecule has 0 bridgehead atoms. The lowest BCUT2D eigenvalue weighted by molar-refractivity contribution is -0.121. The van der Waals surface area contributed by atoms with Crippen molar-refractivity contribution in [2.24, 2.45) is 0 Å². The summed E-state index contributed by atoms with van der Waals surface area (Å²) in [6.07, 6.45) is 0.350. The molecule has 2 N–H and O–H groups in total. The minimum atomic E-state index is -0.986. The summed E-state index contributed by atoms with van der Waals surface area (Å²) in [5.41, 5.74) is 0.877. The Labute approximate surface area is 152 Å². The SMILES string of the molecule is COc1ccccc1OC(C)CNC(=O)CCc1ccccc1C(=O)O. The van der Waals surface area contributed by atoms with Crippen LogP contribution in [-0.4, -0.2) is 36.7 Å². The van der Waals surface area contributed by atoms with E-state index in [1.165, 1.54) is 0 Å². The summed E-state index contributed by atoms with van der Waals surface area (Å²) in [5, 5.41) is 12.0. The highest BCUT2D eigenvalue weighted by Gasteiger charge is 2.12. The van der Waals surface area contributed by atoms with Crippen LogP contribution in [0.5, 0.6) is 11.5 Å². The van der Waals surface area contributed by atoms with E-state index in [-0.39, 0.29) is 24.0 Å². The Kier molecular flexibility index (Phi) is 7.02. The number of carbonyl (C=O) groups excluding carboxylic acids is 1. The van der Waals surface area contributed by atoms with Gasteiger partial charge >= 0.3 is 5.97 Å². The molecular formula is C20H23NO5. The van der Waals surface area contributed by atoms with E-state index in [9.17, 15) is 9.59 Å². The number of aromatic carboxylic acids is 1. The highest BCUT2D eigenvalue weighted by molar-refractivity contribution is 5.89. The van der Waals surface area contributed by atoms with Crippen molar-refractivity contribution in [3.8, 4) is 11.5 Å². The van der Waals surface area contributed by atoms with Crippen molar-refractivity contribution in [1.29, 1.82) is 0 Å². The number of para-hydroxylation sites is 2. The predicted octanol–water partition coefficient (Wildman–Crippen LogP) is 2.91. The molecule has 2 aromatic carbocycles. The van der Waals surface area contributed by atoms with E-state index < -0.39 is 5.97 Å². The van der Waals surface area contributed by atoms with Crippen LogP contribution >= 0.6 is 0 Å². The second-order valence-electron chi connectivity index (χ2n) is 5.85. The number of carboxylic acid groups (broad SMARTS) is 1. The molecule has 138 valence electrons. The zero-order chi connectivity index (χ0) is 18.9. The van der Waals surface area contributed by atoms with Crippen molar-refractivity contribution in [3.05, 3.63) is 59.7 Å². The molecule has 6 heteroatoms. The molecule has 2 aromatic rings. The number of carboxylic acids is 1. The standard InChI is InChI=1S/C20H23NO5/c1-14(26-18-10-6-5-9-17(18)25-2)13-21-19(22)12-11-15-7-3-4-8-16(15)20(23)24/h3-10,14H,11-13H2,1-2H3,(H,21,22)(H,23,24). The van der Waals surface area contributed by atoms with Crippen molar-refractivity contribution in [1.82, 2.24) is 5.32 Å². The average molecular weight is 357 g/mol. The molecule has 0 heterocycles. The Balaban J connectivity index is 1.81. The second kappa shape index (κ2) is 9.46. The van der Waals surface area contributed by atoms with Gasteiger partial charge < -0.3 is 19.9 Å². The molecule has 1 unspecified atom stereocenters. The largest absolute Gasteiger partial charge is 0.493 e. The van der Waals surface area contributed by atoms with Crippen LogP contribution < -0.4 is 14.8 Å². The molecule has 0 spiro atoms. The van der Waals surface area contributed by atoms with Gasteiger partial charge in [-0.25, -0.2) is 4.79 Å². The van der Waals surface area contributed by atoms with Gasteiger partial charge in [0.05, 0.1) is 19.2 Å². The molecule has 1 atom stereocenters. The molecule has 0 saturated heterocycles.